The van der Waals surface area contributed by atoms with E-state index in [0.29, 0.717) is 6.54 Å². The average Bonchev–Trinajstić information content (AvgIpc) is 2.59. The van der Waals surface area contributed by atoms with Gasteiger partial charge in [-0.3, -0.25) is 4.99 Å². The van der Waals surface area contributed by atoms with Gasteiger partial charge in [0.1, 0.15) is 0 Å². The number of carbonyl (C=O) groups is 1. The van der Waals surface area contributed by atoms with E-state index in [9.17, 15) is 4.79 Å². The monoisotopic (exact) mass is 208 g/mol. The zero-order valence-electron chi connectivity index (χ0n) is 9.32. The molecule has 0 radical (unpaired) electrons. The second-order valence-electron chi connectivity index (χ2n) is 3.40. The van der Waals surface area contributed by atoms with Gasteiger partial charge in [-0.25, -0.2) is 4.79 Å². The number of aliphatic carboxylic acids is 1. The summed E-state index contributed by atoms with van der Waals surface area (Å²) >= 11 is 0. The van der Waals surface area contributed by atoms with Gasteiger partial charge in [-0.15, -0.1) is 0 Å². The topological polar surface area (TPSA) is 52.9 Å². The SMILES string of the molecule is CCN=C(C(=O)O)N(C)C1=C(C)C=CC1. The number of hydrogen-bond acceptors (Lipinski definition) is 2. The first-order chi connectivity index (χ1) is 7.07. The number of carboxylic acid groups (broad SMARTS) is 1. The number of likely N-dealkylation sites (N-methyl/N-ethyl adjacent to an activating group) is 1. The predicted molar refractivity (Wildman–Crippen MR) is 59.8 cm³/mol. The Morgan fingerprint density at radius 2 is 2.33 bits per heavy atom. The summed E-state index contributed by atoms with van der Waals surface area (Å²) in [7, 11) is 1.74. The van der Waals surface area contributed by atoms with E-state index in [4.69, 9.17) is 5.11 Å². The van der Waals surface area contributed by atoms with Gasteiger partial charge < -0.3 is 10.0 Å². The molecule has 0 unspecified atom stereocenters. The van der Waals surface area contributed by atoms with Crippen molar-refractivity contribution in [2.75, 3.05) is 13.6 Å². The second kappa shape index (κ2) is 4.77. The maximum absolute atomic E-state index is 11.0. The molecule has 0 amide bonds. The molecule has 0 atom stereocenters. The molecule has 4 nitrogen and oxygen atoms in total. The van der Waals surface area contributed by atoms with Crippen LogP contribution in [0.5, 0.6) is 0 Å². The van der Waals surface area contributed by atoms with E-state index in [1.54, 1.807) is 11.9 Å². The fraction of sp³-hybridized carbons (Fsp3) is 0.455. The van der Waals surface area contributed by atoms with Crippen molar-refractivity contribution in [1.82, 2.24) is 4.90 Å². The fourth-order valence-electron chi connectivity index (χ4n) is 1.60. The molecule has 0 aromatic carbocycles. The van der Waals surface area contributed by atoms with Crippen LogP contribution >= 0.6 is 0 Å². The first-order valence-corrected chi connectivity index (χ1v) is 4.95. The Kier molecular flexibility index (Phi) is 3.66. The molecule has 0 fully saturated rings. The Balaban J connectivity index is 2.92. The molecule has 82 valence electrons. The van der Waals surface area contributed by atoms with Gasteiger partial charge >= 0.3 is 5.97 Å². The van der Waals surface area contributed by atoms with Crippen molar-refractivity contribution in [1.29, 1.82) is 0 Å². The maximum atomic E-state index is 11.0. The number of allylic oxidation sites excluding steroid dienone is 3. The molecule has 0 aromatic rings. The minimum atomic E-state index is -0.980. The second-order valence-corrected chi connectivity index (χ2v) is 3.40. The third-order valence-electron chi connectivity index (χ3n) is 2.36. The number of nitrogens with zero attached hydrogens (tertiary/aromatic N) is 2. The van der Waals surface area contributed by atoms with Gasteiger partial charge in [-0.2, -0.15) is 0 Å². The summed E-state index contributed by atoms with van der Waals surface area (Å²) in [5.74, 6) is -0.873. The van der Waals surface area contributed by atoms with Crippen molar-refractivity contribution >= 4 is 11.8 Å². The smallest absolute Gasteiger partial charge is 0.371 e. The minimum absolute atomic E-state index is 0.107. The summed E-state index contributed by atoms with van der Waals surface area (Å²) in [4.78, 5) is 16.6. The van der Waals surface area contributed by atoms with Crippen molar-refractivity contribution in [3.05, 3.63) is 23.4 Å². The Labute approximate surface area is 89.6 Å². The van der Waals surface area contributed by atoms with Crippen molar-refractivity contribution in [3.63, 3.8) is 0 Å². The summed E-state index contributed by atoms with van der Waals surface area (Å²) in [5.41, 5.74) is 2.10. The molecule has 4 heteroatoms. The third-order valence-corrected chi connectivity index (χ3v) is 2.36. The molecule has 0 heterocycles. The first kappa shape index (κ1) is 11.5. The molecule has 1 aliphatic rings. The van der Waals surface area contributed by atoms with E-state index < -0.39 is 5.97 Å². The summed E-state index contributed by atoms with van der Waals surface area (Å²) < 4.78 is 0. The molecule has 0 bridgehead atoms. The predicted octanol–water partition coefficient (Wildman–Crippen LogP) is 1.66. The number of hydrogen-bond donors (Lipinski definition) is 1. The lowest BCUT2D eigenvalue weighted by Crippen LogP contribution is -2.33. The van der Waals surface area contributed by atoms with Crippen LogP contribution in [0.4, 0.5) is 0 Å². The highest BCUT2D eigenvalue weighted by Crippen LogP contribution is 2.21. The van der Waals surface area contributed by atoms with Crippen LogP contribution < -0.4 is 0 Å². The molecule has 0 aromatic heterocycles. The van der Waals surface area contributed by atoms with E-state index in [2.05, 4.69) is 4.99 Å². The lowest BCUT2D eigenvalue weighted by atomic mass is 10.2. The maximum Gasteiger partial charge on any atom is 0.371 e. The van der Waals surface area contributed by atoms with E-state index in [1.165, 1.54) is 0 Å². The number of carboxylic acids is 1. The van der Waals surface area contributed by atoms with Crippen LogP contribution in [0.2, 0.25) is 0 Å². The quantitative estimate of drug-likeness (QED) is 0.554. The molecule has 0 spiro atoms. The van der Waals surface area contributed by atoms with Crippen LogP contribution in [0.15, 0.2) is 28.4 Å². The molecule has 1 aliphatic carbocycles. The van der Waals surface area contributed by atoms with Crippen LogP contribution in [0, 0.1) is 0 Å². The van der Waals surface area contributed by atoms with Crippen LogP contribution in [0.1, 0.15) is 20.3 Å². The van der Waals surface area contributed by atoms with Crippen molar-refractivity contribution in [3.8, 4) is 0 Å². The summed E-state index contributed by atoms with van der Waals surface area (Å²) in [6.07, 6.45) is 4.79. The van der Waals surface area contributed by atoms with Crippen LogP contribution in [0.3, 0.4) is 0 Å². The van der Waals surface area contributed by atoms with Gasteiger partial charge in [0.15, 0.2) is 0 Å². The van der Waals surface area contributed by atoms with E-state index >= 15 is 0 Å². The number of rotatable bonds is 2. The molecular weight excluding hydrogens is 192 g/mol. The van der Waals surface area contributed by atoms with Crippen LogP contribution in [0.25, 0.3) is 0 Å². The third kappa shape index (κ3) is 2.46. The standard InChI is InChI=1S/C11H16N2O2/c1-4-12-10(11(14)15)13(3)9-7-5-6-8(9)2/h5-6H,4,7H2,1-3H3,(H,14,15). The Bertz CT molecular complexity index is 354. The molecule has 15 heavy (non-hydrogen) atoms. The average molecular weight is 208 g/mol. The highest BCUT2D eigenvalue weighted by molar-refractivity contribution is 6.34. The summed E-state index contributed by atoms with van der Waals surface area (Å²) in [6.45, 7) is 4.28. The molecule has 0 saturated heterocycles. The highest BCUT2D eigenvalue weighted by Gasteiger charge is 2.20. The zero-order valence-corrected chi connectivity index (χ0v) is 9.32. The molecule has 0 aliphatic heterocycles. The van der Waals surface area contributed by atoms with Crippen molar-refractivity contribution in [2.24, 2.45) is 4.99 Å². The lowest BCUT2D eigenvalue weighted by Gasteiger charge is -2.20. The highest BCUT2D eigenvalue weighted by atomic mass is 16.4. The lowest BCUT2D eigenvalue weighted by molar-refractivity contribution is -0.130. The van der Waals surface area contributed by atoms with E-state index in [-0.39, 0.29) is 5.84 Å². The van der Waals surface area contributed by atoms with Crippen molar-refractivity contribution in [2.45, 2.75) is 20.3 Å². The molecule has 1 N–H and O–H groups in total. The summed E-state index contributed by atoms with van der Waals surface area (Å²) in [6, 6.07) is 0. The van der Waals surface area contributed by atoms with Gasteiger partial charge in [-0.05, 0) is 19.4 Å². The minimum Gasteiger partial charge on any atom is -0.475 e. The van der Waals surface area contributed by atoms with Gasteiger partial charge in [0.25, 0.3) is 0 Å². The number of aliphatic imine (C=N–C) groups is 1. The van der Waals surface area contributed by atoms with Gasteiger partial charge in [0.2, 0.25) is 5.84 Å². The van der Waals surface area contributed by atoms with Gasteiger partial charge in [-0.1, -0.05) is 12.2 Å². The van der Waals surface area contributed by atoms with E-state index in [0.717, 1.165) is 17.7 Å². The van der Waals surface area contributed by atoms with Gasteiger partial charge in [0.05, 0.1) is 0 Å². The van der Waals surface area contributed by atoms with Crippen LogP contribution in [-0.2, 0) is 4.79 Å². The normalized spacial score (nSPS) is 16.1. The Morgan fingerprint density at radius 1 is 1.67 bits per heavy atom. The molecule has 1 rings (SSSR count). The number of amidine groups is 1. The first-order valence-electron chi connectivity index (χ1n) is 4.95. The Morgan fingerprint density at radius 3 is 2.73 bits per heavy atom. The van der Waals surface area contributed by atoms with Crippen LogP contribution in [-0.4, -0.2) is 35.4 Å². The largest absolute Gasteiger partial charge is 0.475 e. The van der Waals surface area contributed by atoms with Gasteiger partial charge in [0, 0.05) is 25.7 Å². The zero-order chi connectivity index (χ0) is 11.4. The fourth-order valence-corrected chi connectivity index (χ4v) is 1.60. The Hall–Kier alpha value is -1.58. The van der Waals surface area contributed by atoms with Crippen molar-refractivity contribution < 1.29 is 9.90 Å². The summed E-state index contributed by atoms with van der Waals surface area (Å²) in [5, 5.41) is 9.01. The molecular formula is C11H16N2O2. The molecule has 0 saturated carbocycles. The van der Waals surface area contributed by atoms with E-state index in [1.807, 2.05) is 26.0 Å².